The van der Waals surface area contributed by atoms with Crippen molar-refractivity contribution in [2.24, 2.45) is 5.92 Å². The molecule has 3 heteroatoms. The molecule has 2 aliphatic rings. The quantitative estimate of drug-likeness (QED) is 0.900. The maximum Gasteiger partial charge on any atom is 0.307 e. The lowest BCUT2D eigenvalue weighted by Crippen LogP contribution is -2.25. The Morgan fingerprint density at radius 2 is 1.74 bits per heavy atom. The van der Waals surface area contributed by atoms with Crippen molar-refractivity contribution in [3.8, 4) is 5.75 Å². The van der Waals surface area contributed by atoms with Gasteiger partial charge < -0.3 is 9.84 Å². The summed E-state index contributed by atoms with van der Waals surface area (Å²) >= 11 is 0. The maximum absolute atomic E-state index is 11.3. The van der Waals surface area contributed by atoms with Crippen LogP contribution in [0.25, 0.3) is 0 Å². The van der Waals surface area contributed by atoms with Crippen molar-refractivity contribution in [1.29, 1.82) is 0 Å². The highest BCUT2D eigenvalue weighted by molar-refractivity contribution is 5.71. The van der Waals surface area contributed by atoms with Gasteiger partial charge in [0.25, 0.3) is 0 Å². The molecule has 2 unspecified atom stereocenters. The Kier molecular flexibility index (Phi) is 3.45. The number of hydrogen-bond donors (Lipinski definition) is 1. The largest absolute Gasteiger partial charge is 0.490 e. The van der Waals surface area contributed by atoms with Gasteiger partial charge in [-0.15, -0.1) is 0 Å². The predicted octanol–water partition coefficient (Wildman–Crippen LogP) is 3.59. The molecule has 2 fully saturated rings. The second kappa shape index (κ2) is 5.24. The number of ether oxygens (including phenoxy) is 1. The zero-order valence-electron chi connectivity index (χ0n) is 11.0. The Labute approximate surface area is 113 Å². The fourth-order valence-electron chi connectivity index (χ4n) is 3.00. The van der Waals surface area contributed by atoms with E-state index in [1.54, 1.807) is 0 Å². The highest BCUT2D eigenvalue weighted by Gasteiger charge is 2.31. The van der Waals surface area contributed by atoms with E-state index >= 15 is 0 Å². The van der Waals surface area contributed by atoms with Crippen molar-refractivity contribution in [1.82, 2.24) is 0 Å². The van der Waals surface area contributed by atoms with Gasteiger partial charge in [0, 0.05) is 0 Å². The molecular formula is C16H20O3. The summed E-state index contributed by atoms with van der Waals surface area (Å²) in [7, 11) is 0. The van der Waals surface area contributed by atoms with Gasteiger partial charge >= 0.3 is 5.97 Å². The van der Waals surface area contributed by atoms with Crippen molar-refractivity contribution < 1.29 is 14.6 Å². The molecule has 0 amide bonds. The van der Waals surface area contributed by atoms with Gasteiger partial charge in [-0.2, -0.15) is 0 Å². The highest BCUT2D eigenvalue weighted by atomic mass is 16.5. The van der Waals surface area contributed by atoms with Crippen LogP contribution in [0.15, 0.2) is 24.3 Å². The van der Waals surface area contributed by atoms with Gasteiger partial charge in [-0.25, -0.2) is 0 Å². The molecule has 102 valence electrons. The molecule has 19 heavy (non-hydrogen) atoms. The van der Waals surface area contributed by atoms with E-state index in [-0.39, 0.29) is 11.8 Å². The van der Waals surface area contributed by atoms with Crippen LogP contribution in [0.4, 0.5) is 0 Å². The summed E-state index contributed by atoms with van der Waals surface area (Å²) in [5.41, 5.74) is 1.15. The van der Waals surface area contributed by atoms with Crippen LogP contribution in [-0.2, 0) is 4.79 Å². The third-order valence-corrected chi connectivity index (χ3v) is 4.22. The van der Waals surface area contributed by atoms with E-state index in [1.165, 1.54) is 0 Å². The summed E-state index contributed by atoms with van der Waals surface area (Å²) in [6, 6.07) is 8.07. The summed E-state index contributed by atoms with van der Waals surface area (Å²) in [6.45, 7) is 0. The molecule has 0 spiro atoms. The van der Waals surface area contributed by atoms with Crippen LogP contribution in [-0.4, -0.2) is 17.2 Å². The molecule has 0 heterocycles. The standard InChI is InChI=1S/C16H20O3/c17-16(18)15-4-2-1-3-14(15)11-5-7-12(8-6-11)19-13-9-10-13/h5-8,13-15H,1-4,9-10H2,(H,17,18). The Morgan fingerprint density at radius 1 is 1.05 bits per heavy atom. The SMILES string of the molecule is O=C(O)C1CCCCC1c1ccc(OC2CC2)cc1. The lowest BCUT2D eigenvalue weighted by molar-refractivity contribution is -0.143. The lowest BCUT2D eigenvalue weighted by atomic mass is 9.75. The highest BCUT2D eigenvalue weighted by Crippen LogP contribution is 2.38. The maximum atomic E-state index is 11.3. The van der Waals surface area contributed by atoms with Crippen LogP contribution in [0.2, 0.25) is 0 Å². The minimum atomic E-state index is -0.650. The fourth-order valence-corrected chi connectivity index (χ4v) is 3.00. The number of benzene rings is 1. The lowest BCUT2D eigenvalue weighted by Gasteiger charge is -2.28. The van der Waals surface area contributed by atoms with Crippen molar-refractivity contribution in [3.05, 3.63) is 29.8 Å². The zero-order valence-corrected chi connectivity index (χ0v) is 11.0. The van der Waals surface area contributed by atoms with E-state index in [2.05, 4.69) is 0 Å². The molecule has 1 N–H and O–H groups in total. The number of aliphatic carboxylic acids is 1. The first-order valence-electron chi connectivity index (χ1n) is 7.23. The van der Waals surface area contributed by atoms with E-state index in [4.69, 9.17) is 4.74 Å². The number of carboxylic acid groups (broad SMARTS) is 1. The molecule has 2 atom stereocenters. The minimum absolute atomic E-state index is 0.168. The Morgan fingerprint density at radius 3 is 2.37 bits per heavy atom. The van der Waals surface area contributed by atoms with Crippen LogP contribution in [0.1, 0.15) is 50.0 Å². The van der Waals surface area contributed by atoms with Gasteiger partial charge in [-0.3, -0.25) is 4.79 Å². The molecule has 0 radical (unpaired) electrons. The molecule has 0 aromatic heterocycles. The Hall–Kier alpha value is -1.51. The number of rotatable bonds is 4. The van der Waals surface area contributed by atoms with E-state index in [0.29, 0.717) is 6.10 Å². The fraction of sp³-hybridized carbons (Fsp3) is 0.562. The number of hydrogen-bond acceptors (Lipinski definition) is 2. The van der Waals surface area contributed by atoms with E-state index < -0.39 is 5.97 Å². The average Bonchev–Trinajstić information content (AvgIpc) is 3.23. The van der Waals surface area contributed by atoms with Gasteiger partial charge in [0.15, 0.2) is 0 Å². The van der Waals surface area contributed by atoms with Crippen molar-refractivity contribution in [3.63, 3.8) is 0 Å². The average molecular weight is 260 g/mol. The summed E-state index contributed by atoms with van der Waals surface area (Å²) in [4.78, 5) is 11.3. The van der Waals surface area contributed by atoms with Gasteiger partial charge in [0.05, 0.1) is 12.0 Å². The molecule has 0 saturated heterocycles. The Balaban J connectivity index is 1.73. The molecular weight excluding hydrogens is 240 g/mol. The molecule has 2 aliphatic carbocycles. The van der Waals surface area contributed by atoms with Crippen molar-refractivity contribution in [2.75, 3.05) is 0 Å². The first-order valence-corrected chi connectivity index (χ1v) is 7.23. The normalized spacial score (nSPS) is 26.9. The zero-order chi connectivity index (χ0) is 13.2. The summed E-state index contributed by atoms with van der Waals surface area (Å²) in [5.74, 6) is 0.210. The predicted molar refractivity (Wildman–Crippen MR) is 72.4 cm³/mol. The van der Waals surface area contributed by atoms with Crippen LogP contribution in [0.3, 0.4) is 0 Å². The van der Waals surface area contributed by atoms with Crippen LogP contribution < -0.4 is 4.74 Å². The van der Waals surface area contributed by atoms with E-state index in [1.807, 2.05) is 24.3 Å². The third kappa shape index (κ3) is 2.91. The second-order valence-corrected chi connectivity index (χ2v) is 5.72. The molecule has 0 aliphatic heterocycles. The van der Waals surface area contributed by atoms with Crippen LogP contribution >= 0.6 is 0 Å². The molecule has 1 aromatic rings. The minimum Gasteiger partial charge on any atom is -0.490 e. The van der Waals surface area contributed by atoms with Crippen molar-refractivity contribution in [2.45, 2.75) is 50.5 Å². The first-order chi connectivity index (χ1) is 9.24. The summed E-state index contributed by atoms with van der Waals surface area (Å²) in [6.07, 6.45) is 6.69. The van der Waals surface area contributed by atoms with Gasteiger partial charge in [-0.1, -0.05) is 25.0 Å². The smallest absolute Gasteiger partial charge is 0.307 e. The third-order valence-electron chi connectivity index (χ3n) is 4.22. The molecule has 0 bridgehead atoms. The van der Waals surface area contributed by atoms with Crippen molar-refractivity contribution >= 4 is 5.97 Å². The molecule has 2 saturated carbocycles. The topological polar surface area (TPSA) is 46.5 Å². The van der Waals surface area contributed by atoms with E-state index in [9.17, 15) is 9.90 Å². The first kappa shape index (κ1) is 12.5. The Bertz CT molecular complexity index is 448. The number of carbonyl (C=O) groups is 1. The van der Waals surface area contributed by atoms with E-state index in [0.717, 1.165) is 49.8 Å². The summed E-state index contributed by atoms with van der Waals surface area (Å²) < 4.78 is 5.73. The molecule has 3 nitrogen and oxygen atoms in total. The van der Waals surface area contributed by atoms with Crippen LogP contribution in [0.5, 0.6) is 5.75 Å². The molecule has 1 aromatic carbocycles. The van der Waals surface area contributed by atoms with Crippen LogP contribution in [0, 0.1) is 5.92 Å². The second-order valence-electron chi connectivity index (χ2n) is 5.72. The number of carboxylic acids is 1. The van der Waals surface area contributed by atoms with Gasteiger partial charge in [-0.05, 0) is 49.3 Å². The van der Waals surface area contributed by atoms with Gasteiger partial charge in [0.1, 0.15) is 5.75 Å². The molecule has 3 rings (SSSR count). The monoisotopic (exact) mass is 260 g/mol. The van der Waals surface area contributed by atoms with Gasteiger partial charge in [0.2, 0.25) is 0 Å². The summed E-state index contributed by atoms with van der Waals surface area (Å²) in [5, 5.41) is 9.33.